The highest BCUT2D eigenvalue weighted by molar-refractivity contribution is 6.00. The van der Waals surface area contributed by atoms with E-state index < -0.39 is 12.0 Å². The number of amides is 3. The number of aliphatic carboxylic acids is 1. The predicted octanol–water partition coefficient (Wildman–Crippen LogP) is 3.49. The van der Waals surface area contributed by atoms with E-state index in [0.717, 1.165) is 5.56 Å². The maximum atomic E-state index is 12.1. The second-order valence-electron chi connectivity index (χ2n) is 6.38. The van der Waals surface area contributed by atoms with Gasteiger partial charge in [0.2, 0.25) is 0 Å². The van der Waals surface area contributed by atoms with E-state index in [0.29, 0.717) is 23.4 Å². The molecule has 4 N–H and O–H groups in total. The molecule has 2 aromatic rings. The number of hydrogen-bond donors (Lipinski definition) is 4. The average molecular weight is 369 g/mol. The fourth-order valence-electron chi connectivity index (χ4n) is 2.40. The Balaban J connectivity index is 1.93. The summed E-state index contributed by atoms with van der Waals surface area (Å²) in [6.45, 7) is 3.77. The van der Waals surface area contributed by atoms with Crippen molar-refractivity contribution in [2.24, 2.45) is 0 Å². The molecule has 142 valence electrons. The Morgan fingerprint density at radius 1 is 0.963 bits per heavy atom. The summed E-state index contributed by atoms with van der Waals surface area (Å²) in [5, 5.41) is 16.9. The van der Waals surface area contributed by atoms with Gasteiger partial charge in [0, 0.05) is 29.4 Å². The summed E-state index contributed by atoms with van der Waals surface area (Å²) in [7, 11) is 0. The molecule has 0 bridgehead atoms. The molecule has 2 aromatic carbocycles. The number of hydrogen-bond acceptors (Lipinski definition) is 3. The quantitative estimate of drug-likeness (QED) is 0.599. The van der Waals surface area contributed by atoms with Crippen molar-refractivity contribution < 1.29 is 19.5 Å². The van der Waals surface area contributed by atoms with Gasteiger partial charge in [-0.2, -0.15) is 0 Å². The molecule has 0 radical (unpaired) electrons. The van der Waals surface area contributed by atoms with Crippen molar-refractivity contribution in [1.29, 1.82) is 0 Å². The number of benzene rings is 2. The van der Waals surface area contributed by atoms with E-state index in [4.69, 9.17) is 5.11 Å². The molecule has 7 heteroatoms. The normalized spacial score (nSPS) is 10.3. The number of carboxylic acids is 1. The molecule has 0 aliphatic rings. The number of carboxylic acid groups (broad SMARTS) is 1. The van der Waals surface area contributed by atoms with Crippen molar-refractivity contribution in [3.05, 3.63) is 59.7 Å². The predicted molar refractivity (Wildman–Crippen MR) is 104 cm³/mol. The molecular weight excluding hydrogens is 346 g/mol. The van der Waals surface area contributed by atoms with Gasteiger partial charge in [-0.05, 0) is 62.2 Å². The number of carbonyl (C=O) groups is 3. The zero-order valence-corrected chi connectivity index (χ0v) is 15.3. The number of urea groups is 1. The number of rotatable bonds is 7. The molecule has 0 aliphatic carbocycles. The van der Waals surface area contributed by atoms with Gasteiger partial charge in [0.05, 0.1) is 0 Å². The number of aryl methyl sites for hydroxylation is 1. The molecule has 0 aromatic heterocycles. The Hall–Kier alpha value is -3.35. The molecular formula is C20H23N3O4. The van der Waals surface area contributed by atoms with Crippen LogP contribution in [0, 0.1) is 0 Å². The van der Waals surface area contributed by atoms with Crippen molar-refractivity contribution in [3.63, 3.8) is 0 Å². The molecule has 0 unspecified atom stereocenters. The molecule has 0 aliphatic heterocycles. The van der Waals surface area contributed by atoms with Crippen LogP contribution >= 0.6 is 0 Å². The fourth-order valence-corrected chi connectivity index (χ4v) is 2.40. The van der Waals surface area contributed by atoms with Gasteiger partial charge >= 0.3 is 12.0 Å². The summed E-state index contributed by atoms with van der Waals surface area (Å²) in [6, 6.07) is 13.2. The van der Waals surface area contributed by atoms with E-state index in [2.05, 4.69) is 16.0 Å². The highest BCUT2D eigenvalue weighted by atomic mass is 16.4. The van der Waals surface area contributed by atoms with Gasteiger partial charge in [0.25, 0.3) is 5.91 Å². The lowest BCUT2D eigenvalue weighted by molar-refractivity contribution is -0.136. The average Bonchev–Trinajstić information content (AvgIpc) is 2.60. The minimum Gasteiger partial charge on any atom is -0.481 e. The van der Waals surface area contributed by atoms with Gasteiger partial charge in [0.1, 0.15) is 0 Å². The Bertz CT molecular complexity index is 816. The fraction of sp³-hybridized carbons (Fsp3) is 0.250. The van der Waals surface area contributed by atoms with Gasteiger partial charge in [-0.1, -0.05) is 12.1 Å². The number of carbonyl (C=O) groups excluding carboxylic acids is 2. The van der Waals surface area contributed by atoms with E-state index in [-0.39, 0.29) is 18.4 Å². The number of nitrogens with one attached hydrogen (secondary N) is 3. The molecule has 0 saturated carbocycles. The molecule has 0 atom stereocenters. The highest BCUT2D eigenvalue weighted by Gasteiger charge is 2.08. The van der Waals surface area contributed by atoms with Crippen molar-refractivity contribution >= 4 is 29.3 Å². The van der Waals surface area contributed by atoms with Gasteiger partial charge in [-0.15, -0.1) is 0 Å². The second-order valence-corrected chi connectivity index (χ2v) is 6.38. The van der Waals surface area contributed by atoms with Crippen LogP contribution in [0.25, 0.3) is 0 Å². The van der Waals surface area contributed by atoms with Gasteiger partial charge in [0.15, 0.2) is 0 Å². The molecule has 3 amide bonds. The molecule has 0 heterocycles. The van der Waals surface area contributed by atoms with Crippen LogP contribution in [0.5, 0.6) is 0 Å². The Kier molecular flexibility index (Phi) is 6.93. The van der Waals surface area contributed by atoms with Crippen molar-refractivity contribution in [3.8, 4) is 0 Å². The molecule has 0 saturated heterocycles. The van der Waals surface area contributed by atoms with Crippen molar-refractivity contribution in [2.45, 2.75) is 32.7 Å². The van der Waals surface area contributed by atoms with Crippen LogP contribution in [0.3, 0.4) is 0 Å². The third-order valence-electron chi connectivity index (χ3n) is 3.64. The first-order valence-electron chi connectivity index (χ1n) is 8.63. The molecule has 7 nitrogen and oxygen atoms in total. The molecule has 0 spiro atoms. The van der Waals surface area contributed by atoms with Gasteiger partial charge < -0.3 is 21.1 Å². The molecule has 27 heavy (non-hydrogen) atoms. The summed E-state index contributed by atoms with van der Waals surface area (Å²) in [5.41, 5.74) is 2.47. The summed E-state index contributed by atoms with van der Waals surface area (Å²) in [5.74, 6) is -1.03. The summed E-state index contributed by atoms with van der Waals surface area (Å²) < 4.78 is 0. The highest BCUT2D eigenvalue weighted by Crippen LogP contribution is 2.14. The first-order valence-corrected chi connectivity index (χ1v) is 8.63. The first kappa shape index (κ1) is 20.0. The van der Waals surface area contributed by atoms with Crippen molar-refractivity contribution in [2.75, 3.05) is 10.6 Å². The molecule has 0 fully saturated rings. The second kappa shape index (κ2) is 9.38. The van der Waals surface area contributed by atoms with Crippen LogP contribution in [0.1, 0.15) is 36.2 Å². The zero-order valence-electron chi connectivity index (χ0n) is 15.3. The number of anilines is 2. The topological polar surface area (TPSA) is 108 Å². The third kappa shape index (κ3) is 6.81. The van der Waals surface area contributed by atoms with E-state index in [1.807, 2.05) is 19.9 Å². The summed E-state index contributed by atoms with van der Waals surface area (Å²) in [4.78, 5) is 34.7. The van der Waals surface area contributed by atoms with E-state index in [1.54, 1.807) is 42.5 Å². The largest absolute Gasteiger partial charge is 0.481 e. The van der Waals surface area contributed by atoms with Crippen LogP contribution in [0.2, 0.25) is 0 Å². The molecule has 2 rings (SSSR count). The Morgan fingerprint density at radius 2 is 1.63 bits per heavy atom. The van der Waals surface area contributed by atoms with Crippen LogP contribution < -0.4 is 16.0 Å². The Morgan fingerprint density at radius 3 is 2.26 bits per heavy atom. The first-order chi connectivity index (χ1) is 12.8. The minimum atomic E-state index is -0.864. The van der Waals surface area contributed by atoms with E-state index in [9.17, 15) is 14.4 Å². The summed E-state index contributed by atoms with van der Waals surface area (Å²) in [6.07, 6.45) is 0.429. The van der Waals surface area contributed by atoms with E-state index in [1.165, 1.54) is 0 Å². The SMILES string of the molecule is CC(C)NC(=O)c1ccc(NC(=O)Nc2cccc(CCC(=O)O)c2)cc1. The lowest BCUT2D eigenvalue weighted by Crippen LogP contribution is -2.30. The third-order valence-corrected chi connectivity index (χ3v) is 3.64. The standard InChI is InChI=1S/C20H23N3O4/c1-13(2)21-19(26)15-7-9-16(10-8-15)22-20(27)23-17-5-3-4-14(12-17)6-11-18(24)25/h3-5,7-10,12-13H,6,11H2,1-2H3,(H,21,26)(H,24,25)(H2,22,23,27). The van der Waals surface area contributed by atoms with Crippen LogP contribution in [-0.2, 0) is 11.2 Å². The monoisotopic (exact) mass is 369 g/mol. The lowest BCUT2D eigenvalue weighted by Gasteiger charge is -2.10. The smallest absolute Gasteiger partial charge is 0.323 e. The van der Waals surface area contributed by atoms with Crippen LogP contribution in [0.15, 0.2) is 48.5 Å². The van der Waals surface area contributed by atoms with E-state index >= 15 is 0 Å². The van der Waals surface area contributed by atoms with Gasteiger partial charge in [-0.25, -0.2) is 4.79 Å². The van der Waals surface area contributed by atoms with Crippen LogP contribution in [-0.4, -0.2) is 29.1 Å². The summed E-state index contributed by atoms with van der Waals surface area (Å²) >= 11 is 0. The lowest BCUT2D eigenvalue weighted by atomic mass is 10.1. The van der Waals surface area contributed by atoms with Crippen LogP contribution in [0.4, 0.5) is 16.2 Å². The Labute approximate surface area is 157 Å². The van der Waals surface area contributed by atoms with Gasteiger partial charge in [-0.3, -0.25) is 9.59 Å². The maximum Gasteiger partial charge on any atom is 0.323 e. The minimum absolute atomic E-state index is 0.0341. The zero-order chi connectivity index (χ0) is 19.8. The van der Waals surface area contributed by atoms with Crippen molar-refractivity contribution in [1.82, 2.24) is 5.32 Å². The maximum absolute atomic E-state index is 12.1.